The third-order valence-electron chi connectivity index (χ3n) is 4.18. The molecular weight excluding hydrogens is 304 g/mol. The van der Waals surface area contributed by atoms with Crippen molar-refractivity contribution in [2.45, 2.75) is 83.0 Å². The van der Waals surface area contributed by atoms with E-state index in [0.29, 0.717) is 18.6 Å². The summed E-state index contributed by atoms with van der Waals surface area (Å²) < 4.78 is 5.66. The number of aliphatic hydroxyl groups is 1. The first-order chi connectivity index (χ1) is 11.6. The van der Waals surface area contributed by atoms with Crippen LogP contribution in [0.15, 0.2) is 36.5 Å². The molecule has 1 saturated heterocycles. The SMILES string of the molecule is CCCCCCCCC1OC1CCC(O)/C=C/C=C/C=C/C(=O)O. The van der Waals surface area contributed by atoms with Crippen LogP contribution in [0.25, 0.3) is 0 Å². The van der Waals surface area contributed by atoms with Gasteiger partial charge in [0.05, 0.1) is 18.3 Å². The molecule has 1 fully saturated rings. The van der Waals surface area contributed by atoms with Crippen molar-refractivity contribution in [2.75, 3.05) is 0 Å². The van der Waals surface area contributed by atoms with E-state index in [2.05, 4.69) is 6.92 Å². The fraction of sp³-hybridized carbons (Fsp3) is 0.650. The molecule has 0 radical (unpaired) electrons. The summed E-state index contributed by atoms with van der Waals surface area (Å²) in [7, 11) is 0. The Morgan fingerprint density at radius 3 is 2.42 bits per heavy atom. The van der Waals surface area contributed by atoms with Gasteiger partial charge in [-0.05, 0) is 19.3 Å². The maximum absolute atomic E-state index is 10.3. The average Bonchev–Trinajstić information content (AvgIpc) is 3.30. The number of aliphatic carboxylic acids is 1. The number of carboxylic acids is 1. The zero-order chi connectivity index (χ0) is 17.6. The summed E-state index contributed by atoms with van der Waals surface area (Å²) in [6, 6.07) is 0. The molecule has 136 valence electrons. The lowest BCUT2D eigenvalue weighted by atomic mass is 10.0. The van der Waals surface area contributed by atoms with Crippen LogP contribution in [0.1, 0.15) is 64.7 Å². The van der Waals surface area contributed by atoms with Gasteiger partial charge in [0.25, 0.3) is 0 Å². The fourth-order valence-corrected chi connectivity index (χ4v) is 2.70. The number of aliphatic hydroxyl groups excluding tert-OH is 1. The third kappa shape index (κ3) is 11.2. The summed E-state index contributed by atoms with van der Waals surface area (Å²) >= 11 is 0. The van der Waals surface area contributed by atoms with Gasteiger partial charge in [-0.25, -0.2) is 4.79 Å². The molecule has 4 nitrogen and oxygen atoms in total. The average molecular weight is 336 g/mol. The van der Waals surface area contributed by atoms with Crippen molar-refractivity contribution in [1.82, 2.24) is 0 Å². The molecule has 1 heterocycles. The number of carbonyl (C=O) groups is 1. The van der Waals surface area contributed by atoms with Crippen molar-refractivity contribution < 1.29 is 19.7 Å². The second kappa shape index (κ2) is 13.0. The van der Waals surface area contributed by atoms with Crippen molar-refractivity contribution in [3.05, 3.63) is 36.5 Å². The summed E-state index contributed by atoms with van der Waals surface area (Å²) in [4.78, 5) is 10.3. The number of carboxylic acid groups (broad SMARTS) is 1. The zero-order valence-corrected chi connectivity index (χ0v) is 14.8. The van der Waals surface area contributed by atoms with Gasteiger partial charge in [-0.3, -0.25) is 0 Å². The Balaban J connectivity index is 2.00. The second-order valence-corrected chi connectivity index (χ2v) is 6.38. The molecule has 4 heteroatoms. The third-order valence-corrected chi connectivity index (χ3v) is 4.18. The van der Waals surface area contributed by atoms with Crippen molar-refractivity contribution in [3.63, 3.8) is 0 Å². The summed E-state index contributed by atoms with van der Waals surface area (Å²) in [6.45, 7) is 2.24. The zero-order valence-electron chi connectivity index (χ0n) is 14.8. The highest BCUT2D eigenvalue weighted by molar-refractivity contribution is 5.80. The van der Waals surface area contributed by atoms with Gasteiger partial charge in [0.2, 0.25) is 0 Å². The second-order valence-electron chi connectivity index (χ2n) is 6.38. The Hall–Kier alpha value is -1.39. The van der Waals surface area contributed by atoms with E-state index in [9.17, 15) is 9.90 Å². The fourth-order valence-electron chi connectivity index (χ4n) is 2.70. The molecule has 1 rings (SSSR count). The van der Waals surface area contributed by atoms with Crippen molar-refractivity contribution in [2.24, 2.45) is 0 Å². The first-order valence-electron chi connectivity index (χ1n) is 9.21. The van der Waals surface area contributed by atoms with Crippen LogP contribution in [0.2, 0.25) is 0 Å². The van der Waals surface area contributed by atoms with E-state index in [1.54, 1.807) is 24.3 Å². The number of allylic oxidation sites excluding steroid dienone is 4. The summed E-state index contributed by atoms with van der Waals surface area (Å²) in [5.41, 5.74) is 0. The summed E-state index contributed by atoms with van der Waals surface area (Å²) in [5.74, 6) is -0.969. The first-order valence-corrected chi connectivity index (χ1v) is 9.21. The molecule has 1 aliphatic rings. The first kappa shape index (κ1) is 20.7. The molecule has 0 aromatic rings. The van der Waals surface area contributed by atoms with E-state index in [4.69, 9.17) is 9.84 Å². The van der Waals surface area contributed by atoms with E-state index in [0.717, 1.165) is 18.9 Å². The molecule has 2 N–H and O–H groups in total. The predicted octanol–water partition coefficient (Wildman–Crippen LogP) is 4.40. The largest absolute Gasteiger partial charge is 0.478 e. The minimum Gasteiger partial charge on any atom is -0.478 e. The minimum absolute atomic E-state index is 0.331. The molecule has 24 heavy (non-hydrogen) atoms. The lowest BCUT2D eigenvalue weighted by Gasteiger charge is -2.02. The van der Waals surface area contributed by atoms with E-state index in [1.165, 1.54) is 44.6 Å². The highest BCUT2D eigenvalue weighted by Gasteiger charge is 2.37. The number of rotatable bonds is 14. The Bertz CT molecular complexity index is 425. The van der Waals surface area contributed by atoms with Gasteiger partial charge in [-0.2, -0.15) is 0 Å². The van der Waals surface area contributed by atoms with E-state index < -0.39 is 12.1 Å². The molecule has 3 unspecified atom stereocenters. The molecule has 0 aliphatic carbocycles. The lowest BCUT2D eigenvalue weighted by molar-refractivity contribution is -0.131. The van der Waals surface area contributed by atoms with Crippen LogP contribution in [0.3, 0.4) is 0 Å². The highest BCUT2D eigenvalue weighted by atomic mass is 16.6. The smallest absolute Gasteiger partial charge is 0.328 e. The molecular formula is C20H32O4. The predicted molar refractivity (Wildman–Crippen MR) is 97.0 cm³/mol. The number of hydrogen-bond acceptors (Lipinski definition) is 3. The van der Waals surface area contributed by atoms with Gasteiger partial charge in [0, 0.05) is 6.08 Å². The van der Waals surface area contributed by atoms with Gasteiger partial charge >= 0.3 is 5.97 Å². The van der Waals surface area contributed by atoms with Crippen LogP contribution in [-0.4, -0.2) is 34.5 Å². The molecule has 0 aromatic carbocycles. The van der Waals surface area contributed by atoms with Crippen molar-refractivity contribution in [1.29, 1.82) is 0 Å². The highest BCUT2D eigenvalue weighted by Crippen LogP contribution is 2.31. The number of epoxide rings is 1. The van der Waals surface area contributed by atoms with Gasteiger partial charge in [-0.15, -0.1) is 0 Å². The van der Waals surface area contributed by atoms with Gasteiger partial charge in [0.15, 0.2) is 0 Å². The molecule has 3 atom stereocenters. The Kier molecular flexibility index (Phi) is 11.2. The summed E-state index contributed by atoms with van der Waals surface area (Å²) in [5, 5.41) is 18.3. The molecule has 0 spiro atoms. The maximum atomic E-state index is 10.3. The molecule has 1 aliphatic heterocycles. The van der Waals surface area contributed by atoms with Crippen LogP contribution >= 0.6 is 0 Å². The van der Waals surface area contributed by atoms with Crippen LogP contribution in [0.5, 0.6) is 0 Å². The normalized spacial score (nSPS) is 21.9. The molecule has 0 saturated carbocycles. The monoisotopic (exact) mass is 336 g/mol. The van der Waals surface area contributed by atoms with Crippen LogP contribution < -0.4 is 0 Å². The topological polar surface area (TPSA) is 70.1 Å². The van der Waals surface area contributed by atoms with Gasteiger partial charge in [-0.1, -0.05) is 75.8 Å². The van der Waals surface area contributed by atoms with Crippen molar-refractivity contribution in [3.8, 4) is 0 Å². The van der Waals surface area contributed by atoms with Crippen LogP contribution in [0.4, 0.5) is 0 Å². The van der Waals surface area contributed by atoms with Crippen LogP contribution in [-0.2, 0) is 9.53 Å². The standard InChI is InChI=1S/C20H32O4/c1-2-3-4-5-6-10-13-18-19(24-18)16-15-17(21)12-9-7-8-11-14-20(22)23/h7-9,11-12,14,17-19,21H,2-6,10,13,15-16H2,1H3,(H,22,23)/b8-7+,12-9+,14-11+. The Morgan fingerprint density at radius 2 is 1.67 bits per heavy atom. The Morgan fingerprint density at radius 1 is 1.00 bits per heavy atom. The molecule has 0 aromatic heterocycles. The van der Waals surface area contributed by atoms with Gasteiger partial charge < -0.3 is 14.9 Å². The quantitative estimate of drug-likeness (QED) is 0.213. The molecule has 0 bridgehead atoms. The number of unbranched alkanes of at least 4 members (excludes halogenated alkanes) is 5. The molecule has 0 amide bonds. The van der Waals surface area contributed by atoms with Gasteiger partial charge in [0.1, 0.15) is 0 Å². The van der Waals surface area contributed by atoms with E-state index in [1.807, 2.05) is 0 Å². The maximum Gasteiger partial charge on any atom is 0.328 e. The minimum atomic E-state index is -0.969. The number of hydrogen-bond donors (Lipinski definition) is 2. The Labute approximate surface area is 145 Å². The van der Waals surface area contributed by atoms with Crippen molar-refractivity contribution >= 4 is 5.97 Å². The number of ether oxygens (including phenoxy) is 1. The lowest BCUT2D eigenvalue weighted by Crippen LogP contribution is -2.05. The van der Waals surface area contributed by atoms with Crippen LogP contribution in [0, 0.1) is 0 Å². The van der Waals surface area contributed by atoms with E-state index in [-0.39, 0.29) is 0 Å². The summed E-state index contributed by atoms with van der Waals surface area (Å²) in [6.07, 6.45) is 20.2. The van der Waals surface area contributed by atoms with E-state index >= 15 is 0 Å².